The third kappa shape index (κ3) is 4.21. The SMILES string of the molecule is CCOC(=O)c1nc[nH]c1CNC(=O)c1n[nH]c2c1CN(C(=O)C1CCc3[nH]c(=O)[nH]c(=O)c3C1)C2. The highest BCUT2D eigenvalue weighted by Crippen LogP contribution is 2.29. The van der Waals surface area contributed by atoms with Crippen molar-refractivity contribution in [3.05, 3.63) is 66.8 Å². The summed E-state index contributed by atoms with van der Waals surface area (Å²) in [5.74, 6) is -1.58. The van der Waals surface area contributed by atoms with Crippen LogP contribution in [0, 0.1) is 5.92 Å². The second-order valence-corrected chi connectivity index (χ2v) is 8.66. The number of H-pyrrole nitrogens is 4. The molecule has 0 saturated carbocycles. The lowest BCUT2D eigenvalue weighted by atomic mass is 9.86. The number of aromatic nitrogens is 6. The van der Waals surface area contributed by atoms with Gasteiger partial charge in [0.2, 0.25) is 5.91 Å². The van der Waals surface area contributed by atoms with Crippen LogP contribution in [0.2, 0.25) is 0 Å². The van der Waals surface area contributed by atoms with E-state index in [1.165, 1.54) is 6.33 Å². The Kier molecular flexibility index (Phi) is 6.00. The van der Waals surface area contributed by atoms with E-state index in [0.29, 0.717) is 41.1 Å². The first-order chi connectivity index (χ1) is 17.4. The van der Waals surface area contributed by atoms with Gasteiger partial charge in [-0.25, -0.2) is 14.6 Å². The molecule has 5 rings (SSSR count). The largest absolute Gasteiger partial charge is 0.461 e. The third-order valence-corrected chi connectivity index (χ3v) is 6.46. The minimum atomic E-state index is -0.587. The Morgan fingerprint density at radius 3 is 2.78 bits per heavy atom. The van der Waals surface area contributed by atoms with E-state index < -0.39 is 29.0 Å². The lowest BCUT2D eigenvalue weighted by molar-refractivity contribution is -0.136. The average Bonchev–Trinajstić information content (AvgIpc) is 3.58. The summed E-state index contributed by atoms with van der Waals surface area (Å²) in [5.41, 5.74) is 1.94. The van der Waals surface area contributed by atoms with Crippen molar-refractivity contribution >= 4 is 17.8 Å². The summed E-state index contributed by atoms with van der Waals surface area (Å²) in [6, 6.07) is 0. The topological polar surface area (TPSA) is 199 Å². The first-order valence-corrected chi connectivity index (χ1v) is 11.5. The highest BCUT2D eigenvalue weighted by Gasteiger charge is 2.35. The number of fused-ring (bicyclic) bond motifs is 2. The van der Waals surface area contributed by atoms with E-state index in [1.807, 2.05) is 0 Å². The number of ether oxygens (including phenoxy) is 1. The van der Waals surface area contributed by atoms with Crippen LogP contribution in [-0.4, -0.2) is 59.4 Å². The first kappa shape index (κ1) is 23.3. The van der Waals surface area contributed by atoms with Gasteiger partial charge in [-0.15, -0.1) is 0 Å². The number of carbonyl (C=O) groups excluding carboxylic acids is 3. The summed E-state index contributed by atoms with van der Waals surface area (Å²) < 4.78 is 4.96. The molecule has 0 radical (unpaired) electrons. The average molecular weight is 496 g/mol. The second kappa shape index (κ2) is 9.28. The lowest BCUT2D eigenvalue weighted by Gasteiger charge is -2.26. The summed E-state index contributed by atoms with van der Waals surface area (Å²) in [6.45, 7) is 2.38. The molecule has 1 aliphatic carbocycles. The van der Waals surface area contributed by atoms with Crippen LogP contribution in [0.15, 0.2) is 15.9 Å². The summed E-state index contributed by atoms with van der Waals surface area (Å²) in [6.07, 6.45) is 2.52. The molecule has 36 heavy (non-hydrogen) atoms. The number of imidazole rings is 1. The van der Waals surface area contributed by atoms with Crippen LogP contribution in [0.1, 0.15) is 62.5 Å². The van der Waals surface area contributed by atoms with Gasteiger partial charge in [-0.3, -0.25) is 24.5 Å². The molecule has 14 nitrogen and oxygen atoms in total. The number of hydrogen-bond acceptors (Lipinski definition) is 8. The number of aryl methyl sites for hydroxylation is 1. The highest BCUT2D eigenvalue weighted by molar-refractivity contribution is 5.95. The van der Waals surface area contributed by atoms with E-state index >= 15 is 0 Å². The van der Waals surface area contributed by atoms with Crippen LogP contribution < -0.4 is 16.6 Å². The van der Waals surface area contributed by atoms with Crippen LogP contribution in [0.5, 0.6) is 0 Å². The molecule has 4 heterocycles. The molecule has 3 aromatic heterocycles. The van der Waals surface area contributed by atoms with Gasteiger partial charge in [0, 0.05) is 22.7 Å². The number of esters is 1. The number of nitrogens with one attached hydrogen (secondary N) is 5. The molecule has 0 saturated heterocycles. The summed E-state index contributed by atoms with van der Waals surface area (Å²) in [5, 5.41) is 9.65. The maximum absolute atomic E-state index is 13.2. The molecule has 1 unspecified atom stereocenters. The number of aromatic amines is 4. The van der Waals surface area contributed by atoms with Crippen LogP contribution >= 0.6 is 0 Å². The van der Waals surface area contributed by atoms with Crippen molar-refractivity contribution in [2.24, 2.45) is 5.92 Å². The number of amides is 2. The van der Waals surface area contributed by atoms with Crippen LogP contribution in [0.25, 0.3) is 0 Å². The Labute approximate surface area is 202 Å². The van der Waals surface area contributed by atoms with Crippen molar-refractivity contribution in [2.45, 2.75) is 45.8 Å². The van der Waals surface area contributed by atoms with E-state index in [9.17, 15) is 24.0 Å². The van der Waals surface area contributed by atoms with E-state index in [2.05, 4.69) is 35.5 Å². The van der Waals surface area contributed by atoms with Crippen LogP contribution in [0.4, 0.5) is 0 Å². The minimum absolute atomic E-state index is 0.00931. The molecule has 0 spiro atoms. The minimum Gasteiger partial charge on any atom is -0.461 e. The summed E-state index contributed by atoms with van der Waals surface area (Å²) in [7, 11) is 0. The summed E-state index contributed by atoms with van der Waals surface area (Å²) >= 11 is 0. The van der Waals surface area contributed by atoms with E-state index in [1.54, 1.807) is 11.8 Å². The van der Waals surface area contributed by atoms with Gasteiger partial charge in [0.15, 0.2) is 11.4 Å². The molecule has 0 aromatic carbocycles. The van der Waals surface area contributed by atoms with Crippen LogP contribution in [-0.2, 0) is 42.0 Å². The van der Waals surface area contributed by atoms with Crippen molar-refractivity contribution in [1.29, 1.82) is 0 Å². The van der Waals surface area contributed by atoms with Crippen molar-refractivity contribution in [1.82, 2.24) is 40.3 Å². The highest BCUT2D eigenvalue weighted by atomic mass is 16.5. The Hall–Kier alpha value is -4.49. The maximum Gasteiger partial charge on any atom is 0.358 e. The zero-order valence-electron chi connectivity index (χ0n) is 19.4. The zero-order valence-corrected chi connectivity index (χ0v) is 19.4. The second-order valence-electron chi connectivity index (χ2n) is 8.66. The maximum atomic E-state index is 13.2. The Morgan fingerprint density at radius 2 is 1.97 bits per heavy atom. The fourth-order valence-electron chi connectivity index (χ4n) is 4.69. The van der Waals surface area contributed by atoms with Crippen molar-refractivity contribution in [3.8, 4) is 0 Å². The third-order valence-electron chi connectivity index (χ3n) is 6.46. The molecule has 1 atom stereocenters. The number of hydrogen-bond donors (Lipinski definition) is 5. The molecular formula is C22H24N8O6. The van der Waals surface area contributed by atoms with Gasteiger partial charge in [-0.05, 0) is 26.2 Å². The Bertz CT molecular complexity index is 1460. The monoisotopic (exact) mass is 496 g/mol. The van der Waals surface area contributed by atoms with E-state index in [4.69, 9.17) is 4.74 Å². The smallest absolute Gasteiger partial charge is 0.358 e. The zero-order chi connectivity index (χ0) is 25.4. The molecule has 2 amide bonds. The van der Waals surface area contributed by atoms with Gasteiger partial charge >= 0.3 is 11.7 Å². The van der Waals surface area contributed by atoms with Gasteiger partial charge in [-0.1, -0.05) is 0 Å². The fourth-order valence-corrected chi connectivity index (χ4v) is 4.69. The van der Waals surface area contributed by atoms with E-state index in [-0.39, 0.29) is 50.0 Å². The fraction of sp³-hybridized carbons (Fsp3) is 0.409. The first-order valence-electron chi connectivity index (χ1n) is 11.5. The molecule has 5 N–H and O–H groups in total. The molecule has 3 aromatic rings. The Balaban J connectivity index is 1.24. The number of carbonyl (C=O) groups is 3. The van der Waals surface area contributed by atoms with Gasteiger partial charge in [0.25, 0.3) is 11.5 Å². The molecule has 2 aliphatic rings. The molecule has 0 fully saturated rings. The molecule has 1 aliphatic heterocycles. The lowest BCUT2D eigenvalue weighted by Crippen LogP contribution is -2.39. The quantitative estimate of drug-likeness (QED) is 0.275. The van der Waals surface area contributed by atoms with Crippen molar-refractivity contribution in [2.75, 3.05) is 6.61 Å². The predicted octanol–water partition coefficient (Wildman–Crippen LogP) is -0.737. The molecule has 0 bridgehead atoms. The van der Waals surface area contributed by atoms with Crippen molar-refractivity contribution < 1.29 is 19.1 Å². The normalized spacial score (nSPS) is 16.4. The van der Waals surface area contributed by atoms with Gasteiger partial charge in [0.1, 0.15) is 0 Å². The predicted molar refractivity (Wildman–Crippen MR) is 122 cm³/mol. The Morgan fingerprint density at radius 1 is 1.14 bits per heavy atom. The molecule has 14 heteroatoms. The van der Waals surface area contributed by atoms with Crippen molar-refractivity contribution in [3.63, 3.8) is 0 Å². The van der Waals surface area contributed by atoms with Gasteiger partial charge in [0.05, 0.1) is 44.0 Å². The van der Waals surface area contributed by atoms with Gasteiger partial charge in [-0.2, -0.15) is 5.10 Å². The summed E-state index contributed by atoms with van der Waals surface area (Å²) in [4.78, 5) is 75.0. The van der Waals surface area contributed by atoms with Crippen LogP contribution in [0.3, 0.4) is 0 Å². The van der Waals surface area contributed by atoms with E-state index in [0.717, 1.165) is 0 Å². The molecular weight excluding hydrogens is 472 g/mol. The molecule has 188 valence electrons. The number of rotatable bonds is 6. The standard InChI is InChI=1S/C22H24N8O6/c1-2-36-21(34)17-14(24-9-25-17)6-23-19(32)16-12-7-30(8-15(12)28-29-16)20(33)10-3-4-13-11(5-10)18(31)27-22(35)26-13/h9-10H,2-8H2,1H3,(H,23,32)(H,24,25)(H,28,29)(H2,26,27,31,35). The number of nitrogens with zero attached hydrogens (tertiary/aromatic N) is 3. The van der Waals surface area contributed by atoms with Gasteiger partial charge < -0.3 is 24.9 Å².